The normalized spacial score (nSPS) is 11.7. The van der Waals surface area contributed by atoms with Crippen molar-refractivity contribution in [2.75, 3.05) is 0 Å². The van der Waals surface area contributed by atoms with E-state index in [0.717, 1.165) is 12.1 Å². The number of esters is 1. The van der Waals surface area contributed by atoms with Crippen LogP contribution in [0, 0.1) is 20.2 Å². The van der Waals surface area contributed by atoms with Gasteiger partial charge in [0.25, 0.3) is 0 Å². The Morgan fingerprint density at radius 1 is 1.22 bits per heavy atom. The van der Waals surface area contributed by atoms with Gasteiger partial charge in [-0.3, -0.25) is 25.0 Å². The molecule has 0 saturated heterocycles. The van der Waals surface area contributed by atoms with Gasteiger partial charge in [0.1, 0.15) is 6.10 Å². The van der Waals surface area contributed by atoms with Crippen LogP contribution >= 0.6 is 0 Å². The van der Waals surface area contributed by atoms with Crippen molar-refractivity contribution in [3.63, 3.8) is 0 Å². The van der Waals surface area contributed by atoms with Gasteiger partial charge in [-0.25, -0.2) is 0 Å². The lowest BCUT2D eigenvalue weighted by Crippen LogP contribution is -2.06. The van der Waals surface area contributed by atoms with Crippen LogP contribution in [0.25, 0.3) is 0 Å². The van der Waals surface area contributed by atoms with Gasteiger partial charge in [-0.15, -0.1) is 0 Å². The lowest BCUT2D eigenvalue weighted by Gasteiger charge is -2.11. The summed E-state index contributed by atoms with van der Waals surface area (Å²) in [4.78, 5) is 30.4. The first-order chi connectivity index (χ1) is 8.32. The minimum atomic E-state index is -0.845. The quantitative estimate of drug-likeness (QED) is 0.462. The van der Waals surface area contributed by atoms with E-state index in [4.69, 9.17) is 4.74 Å². The van der Waals surface area contributed by atoms with Crippen molar-refractivity contribution in [3.05, 3.63) is 44.0 Å². The maximum atomic E-state index is 10.8. The van der Waals surface area contributed by atoms with E-state index in [1.807, 2.05) is 0 Å². The Bertz CT molecular complexity index is 513. The van der Waals surface area contributed by atoms with E-state index < -0.39 is 33.3 Å². The summed E-state index contributed by atoms with van der Waals surface area (Å²) in [5.74, 6) is -0.538. The third kappa shape index (κ3) is 3.00. The molecule has 0 amide bonds. The molecule has 8 nitrogen and oxygen atoms in total. The minimum absolute atomic E-state index is 0.322. The van der Waals surface area contributed by atoms with Gasteiger partial charge in [-0.05, 0) is 18.6 Å². The highest BCUT2D eigenvalue weighted by atomic mass is 16.6. The Balaban J connectivity index is 3.18. The second kappa shape index (κ2) is 5.21. The highest BCUT2D eigenvalue weighted by molar-refractivity contribution is 5.66. The third-order valence-corrected chi connectivity index (χ3v) is 2.21. The third-order valence-electron chi connectivity index (χ3n) is 2.21. The first-order valence-electron chi connectivity index (χ1n) is 4.93. The zero-order chi connectivity index (χ0) is 13.9. The van der Waals surface area contributed by atoms with Crippen LogP contribution in [0.5, 0.6) is 0 Å². The average molecular weight is 254 g/mol. The van der Waals surface area contributed by atoms with Crippen molar-refractivity contribution in [1.29, 1.82) is 0 Å². The second-order valence-corrected chi connectivity index (χ2v) is 3.51. The van der Waals surface area contributed by atoms with Gasteiger partial charge in [-0.1, -0.05) is 0 Å². The van der Waals surface area contributed by atoms with Crippen molar-refractivity contribution in [2.24, 2.45) is 0 Å². The molecule has 0 bridgehead atoms. The number of carbonyl (C=O) groups is 1. The van der Waals surface area contributed by atoms with Crippen molar-refractivity contribution in [1.82, 2.24) is 0 Å². The monoisotopic (exact) mass is 254 g/mol. The summed E-state index contributed by atoms with van der Waals surface area (Å²) in [7, 11) is 0. The summed E-state index contributed by atoms with van der Waals surface area (Å²) < 4.78 is 4.84. The van der Waals surface area contributed by atoms with E-state index in [-0.39, 0.29) is 0 Å². The van der Waals surface area contributed by atoms with E-state index in [0.29, 0.717) is 5.56 Å². The Morgan fingerprint density at radius 3 is 2.22 bits per heavy atom. The lowest BCUT2D eigenvalue weighted by atomic mass is 10.1. The molecule has 1 rings (SSSR count). The van der Waals surface area contributed by atoms with Gasteiger partial charge in [-0.2, -0.15) is 0 Å². The summed E-state index contributed by atoms with van der Waals surface area (Å²) in [6.45, 7) is 2.72. The number of nitro groups is 2. The zero-order valence-electron chi connectivity index (χ0n) is 9.65. The molecule has 1 aromatic carbocycles. The van der Waals surface area contributed by atoms with Crippen LogP contribution in [-0.2, 0) is 9.53 Å². The van der Waals surface area contributed by atoms with Gasteiger partial charge in [0.05, 0.1) is 9.85 Å². The molecule has 0 fully saturated rings. The Hall–Kier alpha value is -2.51. The number of hydrogen-bond acceptors (Lipinski definition) is 6. The predicted octanol–water partition coefficient (Wildman–Crippen LogP) is 2.13. The summed E-state index contributed by atoms with van der Waals surface area (Å²) in [6.07, 6.45) is -0.706. The SMILES string of the molecule is CC(=O)OC(C)c1ccc([N+](=O)[O-])c([N+](=O)[O-])c1. The van der Waals surface area contributed by atoms with Crippen LogP contribution in [-0.4, -0.2) is 15.8 Å². The number of nitro benzene ring substituents is 2. The average Bonchev–Trinajstić information content (AvgIpc) is 2.26. The smallest absolute Gasteiger partial charge is 0.346 e. The lowest BCUT2D eigenvalue weighted by molar-refractivity contribution is -0.422. The Labute approximate surface area is 101 Å². The van der Waals surface area contributed by atoms with Gasteiger partial charge >= 0.3 is 17.3 Å². The van der Waals surface area contributed by atoms with Gasteiger partial charge in [0.15, 0.2) is 0 Å². The first kappa shape index (κ1) is 13.6. The topological polar surface area (TPSA) is 113 Å². The van der Waals surface area contributed by atoms with Crippen LogP contribution in [0.15, 0.2) is 18.2 Å². The van der Waals surface area contributed by atoms with E-state index in [2.05, 4.69) is 0 Å². The van der Waals surface area contributed by atoms with Gasteiger partial charge in [0.2, 0.25) is 0 Å². The van der Waals surface area contributed by atoms with Crippen molar-refractivity contribution in [3.8, 4) is 0 Å². The maximum Gasteiger partial charge on any atom is 0.346 e. The molecule has 0 aliphatic carbocycles. The Morgan fingerprint density at radius 2 is 1.78 bits per heavy atom. The molecule has 1 unspecified atom stereocenters. The summed E-state index contributed by atoms with van der Waals surface area (Å²) >= 11 is 0. The second-order valence-electron chi connectivity index (χ2n) is 3.51. The molecule has 1 aromatic rings. The highest BCUT2D eigenvalue weighted by Gasteiger charge is 2.25. The number of nitrogens with zero attached hydrogens (tertiary/aromatic N) is 2. The minimum Gasteiger partial charge on any atom is -0.458 e. The van der Waals surface area contributed by atoms with Crippen molar-refractivity contribution < 1.29 is 19.4 Å². The van der Waals surface area contributed by atoms with Crippen LogP contribution in [0.1, 0.15) is 25.5 Å². The molecule has 18 heavy (non-hydrogen) atoms. The number of rotatable bonds is 4. The van der Waals surface area contributed by atoms with E-state index in [1.165, 1.54) is 19.9 Å². The number of carbonyl (C=O) groups excluding carboxylic acids is 1. The number of hydrogen-bond donors (Lipinski definition) is 0. The zero-order valence-corrected chi connectivity index (χ0v) is 9.65. The fourth-order valence-electron chi connectivity index (χ4n) is 1.41. The molecule has 1 atom stereocenters. The Kier molecular flexibility index (Phi) is 3.93. The van der Waals surface area contributed by atoms with Crippen molar-refractivity contribution >= 4 is 17.3 Å². The fourth-order valence-corrected chi connectivity index (χ4v) is 1.41. The fraction of sp³-hybridized carbons (Fsp3) is 0.300. The molecule has 0 heterocycles. The predicted molar refractivity (Wildman–Crippen MR) is 59.9 cm³/mol. The molecule has 0 aliphatic rings. The molecule has 0 aromatic heterocycles. The van der Waals surface area contributed by atoms with E-state index in [9.17, 15) is 25.0 Å². The van der Waals surface area contributed by atoms with Crippen LogP contribution in [0.2, 0.25) is 0 Å². The largest absolute Gasteiger partial charge is 0.458 e. The van der Waals surface area contributed by atoms with E-state index in [1.54, 1.807) is 0 Å². The molecular formula is C10H10N2O6. The molecule has 0 aliphatic heterocycles. The molecule has 0 N–H and O–H groups in total. The highest BCUT2D eigenvalue weighted by Crippen LogP contribution is 2.30. The maximum absolute atomic E-state index is 10.8. The molecule has 8 heteroatoms. The first-order valence-corrected chi connectivity index (χ1v) is 4.93. The van der Waals surface area contributed by atoms with Crippen molar-refractivity contribution in [2.45, 2.75) is 20.0 Å². The summed E-state index contributed by atoms with van der Waals surface area (Å²) in [5, 5.41) is 21.3. The van der Waals surface area contributed by atoms with E-state index >= 15 is 0 Å². The molecule has 0 radical (unpaired) electrons. The van der Waals surface area contributed by atoms with Crippen LogP contribution < -0.4 is 0 Å². The van der Waals surface area contributed by atoms with Gasteiger partial charge in [0, 0.05) is 19.1 Å². The molecule has 0 spiro atoms. The number of ether oxygens (including phenoxy) is 1. The van der Waals surface area contributed by atoms with Crippen LogP contribution in [0.3, 0.4) is 0 Å². The molecular weight excluding hydrogens is 244 g/mol. The van der Waals surface area contributed by atoms with Gasteiger partial charge < -0.3 is 4.74 Å². The number of benzene rings is 1. The standard InChI is InChI=1S/C10H10N2O6/c1-6(18-7(2)13)8-3-4-9(11(14)15)10(5-8)12(16)17/h3-6H,1-2H3. The molecule has 96 valence electrons. The summed E-state index contributed by atoms with van der Waals surface area (Å²) in [6, 6.07) is 3.37. The van der Waals surface area contributed by atoms with Crippen LogP contribution in [0.4, 0.5) is 11.4 Å². The molecule has 0 saturated carbocycles. The summed E-state index contributed by atoms with van der Waals surface area (Å²) in [5.41, 5.74) is -0.905.